The van der Waals surface area contributed by atoms with E-state index >= 15 is 0 Å². The number of ether oxygens (including phenoxy) is 1. The maximum atomic E-state index is 12.4. The number of nitrogen functional groups attached to an aromatic ring is 1. The third kappa shape index (κ3) is 3.54. The first-order valence-corrected chi connectivity index (χ1v) is 6.94. The van der Waals surface area contributed by atoms with Gasteiger partial charge in [-0.05, 0) is 25.1 Å². The quantitative estimate of drug-likeness (QED) is 0.859. The molecule has 0 aliphatic heterocycles. The highest BCUT2D eigenvalue weighted by Crippen LogP contribution is 2.21. The molecule has 0 unspecified atom stereocenters. The molecule has 0 radical (unpaired) electrons. The fourth-order valence-corrected chi connectivity index (χ4v) is 2.16. The predicted octanol–water partition coefficient (Wildman–Crippen LogP) is 2.94. The Morgan fingerprint density at radius 1 is 1.14 bits per heavy atom. The van der Waals surface area contributed by atoms with Crippen molar-refractivity contribution in [3.63, 3.8) is 0 Å². The summed E-state index contributed by atoms with van der Waals surface area (Å²) in [4.78, 5) is 14.1. The van der Waals surface area contributed by atoms with Gasteiger partial charge in [0.1, 0.15) is 5.75 Å². The number of benzene rings is 2. The zero-order chi connectivity index (χ0) is 15.2. The van der Waals surface area contributed by atoms with E-state index < -0.39 is 0 Å². The van der Waals surface area contributed by atoms with Gasteiger partial charge in [0.05, 0.1) is 12.2 Å². The summed E-state index contributed by atoms with van der Waals surface area (Å²) in [7, 11) is 1.76. The number of hydrogen-bond acceptors (Lipinski definition) is 3. The highest BCUT2D eigenvalue weighted by molar-refractivity contribution is 5.98. The van der Waals surface area contributed by atoms with Crippen molar-refractivity contribution in [2.24, 2.45) is 0 Å². The van der Waals surface area contributed by atoms with Gasteiger partial charge < -0.3 is 15.4 Å². The number of nitrogens with zero attached hydrogens (tertiary/aromatic N) is 1. The molecule has 1 amide bonds. The van der Waals surface area contributed by atoms with E-state index in [4.69, 9.17) is 10.5 Å². The summed E-state index contributed by atoms with van der Waals surface area (Å²) >= 11 is 0. The lowest BCUT2D eigenvalue weighted by Gasteiger charge is -2.20. The molecule has 110 valence electrons. The average Bonchev–Trinajstić information content (AvgIpc) is 2.49. The lowest BCUT2D eigenvalue weighted by molar-refractivity contribution is 0.0785. The molecule has 21 heavy (non-hydrogen) atoms. The molecule has 4 heteroatoms. The number of nitrogens with two attached hydrogens (primary N) is 1. The molecular weight excluding hydrogens is 264 g/mol. The van der Waals surface area contributed by atoms with Crippen LogP contribution in [0.25, 0.3) is 0 Å². The van der Waals surface area contributed by atoms with E-state index in [1.165, 1.54) is 0 Å². The average molecular weight is 284 g/mol. The largest absolute Gasteiger partial charge is 0.494 e. The van der Waals surface area contributed by atoms with Gasteiger partial charge in [-0.2, -0.15) is 0 Å². The van der Waals surface area contributed by atoms with Gasteiger partial charge >= 0.3 is 0 Å². The van der Waals surface area contributed by atoms with Crippen molar-refractivity contribution in [2.75, 3.05) is 19.4 Å². The summed E-state index contributed by atoms with van der Waals surface area (Å²) in [6.45, 7) is 3.01. The molecule has 2 N–H and O–H groups in total. The van der Waals surface area contributed by atoms with Gasteiger partial charge in [-0.1, -0.05) is 30.3 Å². The molecule has 0 bridgehead atoms. The van der Waals surface area contributed by atoms with Crippen LogP contribution in [0.15, 0.2) is 48.5 Å². The molecule has 2 aromatic rings. The van der Waals surface area contributed by atoms with Crippen LogP contribution in [-0.2, 0) is 6.54 Å². The van der Waals surface area contributed by atoms with Crippen molar-refractivity contribution in [1.29, 1.82) is 0 Å². The summed E-state index contributed by atoms with van der Waals surface area (Å²) in [6, 6.07) is 14.8. The molecule has 0 aliphatic carbocycles. The number of rotatable bonds is 5. The maximum absolute atomic E-state index is 12.4. The SMILES string of the molecule is CCOc1ccccc1CN(C)C(=O)c1ccccc1N. The monoisotopic (exact) mass is 284 g/mol. The number of carbonyl (C=O) groups is 1. The normalized spacial score (nSPS) is 10.2. The fourth-order valence-electron chi connectivity index (χ4n) is 2.16. The van der Waals surface area contributed by atoms with Crippen molar-refractivity contribution in [2.45, 2.75) is 13.5 Å². The first-order valence-electron chi connectivity index (χ1n) is 6.94. The Hall–Kier alpha value is -2.49. The van der Waals surface area contributed by atoms with Crippen LogP contribution in [0.1, 0.15) is 22.8 Å². The summed E-state index contributed by atoms with van der Waals surface area (Å²) in [5.74, 6) is 0.708. The zero-order valence-electron chi connectivity index (χ0n) is 12.4. The maximum Gasteiger partial charge on any atom is 0.255 e. The summed E-state index contributed by atoms with van der Waals surface area (Å²) in [6.07, 6.45) is 0. The van der Waals surface area contributed by atoms with E-state index in [1.807, 2.05) is 43.3 Å². The van der Waals surface area contributed by atoms with E-state index in [-0.39, 0.29) is 5.91 Å². The zero-order valence-corrected chi connectivity index (χ0v) is 12.4. The molecule has 0 fully saturated rings. The van der Waals surface area contributed by atoms with Crippen LogP contribution in [0.2, 0.25) is 0 Å². The first kappa shape index (κ1) is 14.9. The van der Waals surface area contributed by atoms with Gasteiger partial charge in [0.15, 0.2) is 0 Å². The number of carbonyl (C=O) groups excluding carboxylic acids is 1. The van der Waals surface area contributed by atoms with Crippen LogP contribution in [0.3, 0.4) is 0 Å². The molecule has 0 spiro atoms. The molecule has 0 heterocycles. The summed E-state index contributed by atoms with van der Waals surface area (Å²) in [5, 5.41) is 0. The van der Waals surface area contributed by atoms with Gasteiger partial charge in [0.2, 0.25) is 0 Å². The molecule has 0 saturated heterocycles. The second-order valence-corrected chi connectivity index (χ2v) is 4.79. The number of hydrogen-bond donors (Lipinski definition) is 1. The minimum absolute atomic E-state index is 0.0978. The topological polar surface area (TPSA) is 55.6 Å². The van der Waals surface area contributed by atoms with Crippen molar-refractivity contribution < 1.29 is 9.53 Å². The van der Waals surface area contributed by atoms with Gasteiger partial charge in [-0.15, -0.1) is 0 Å². The standard InChI is InChI=1S/C17H20N2O2/c1-3-21-16-11-7-4-8-13(16)12-19(2)17(20)14-9-5-6-10-15(14)18/h4-11H,3,12,18H2,1-2H3. The van der Waals surface area contributed by atoms with Crippen LogP contribution in [0.5, 0.6) is 5.75 Å². The van der Waals surface area contributed by atoms with E-state index in [0.717, 1.165) is 11.3 Å². The highest BCUT2D eigenvalue weighted by atomic mass is 16.5. The molecule has 0 aliphatic rings. The van der Waals surface area contributed by atoms with E-state index in [9.17, 15) is 4.79 Å². The number of para-hydroxylation sites is 2. The van der Waals surface area contributed by atoms with Crippen LogP contribution in [0.4, 0.5) is 5.69 Å². The Bertz CT molecular complexity index is 626. The van der Waals surface area contributed by atoms with Gasteiger partial charge in [0, 0.05) is 24.8 Å². The molecule has 0 aromatic heterocycles. The Morgan fingerprint density at radius 2 is 1.81 bits per heavy atom. The Morgan fingerprint density at radius 3 is 2.52 bits per heavy atom. The summed E-state index contributed by atoms with van der Waals surface area (Å²) in [5.41, 5.74) is 7.85. The van der Waals surface area contributed by atoms with Gasteiger partial charge in [0.25, 0.3) is 5.91 Å². The van der Waals surface area contributed by atoms with Crippen molar-refractivity contribution in [3.8, 4) is 5.75 Å². The van der Waals surface area contributed by atoms with Gasteiger partial charge in [-0.25, -0.2) is 0 Å². The van der Waals surface area contributed by atoms with Crippen LogP contribution in [0, 0.1) is 0 Å². The van der Waals surface area contributed by atoms with Crippen LogP contribution >= 0.6 is 0 Å². The highest BCUT2D eigenvalue weighted by Gasteiger charge is 2.15. The Balaban J connectivity index is 2.17. The van der Waals surface area contributed by atoms with E-state index in [1.54, 1.807) is 24.1 Å². The van der Waals surface area contributed by atoms with Crippen molar-refractivity contribution in [1.82, 2.24) is 4.90 Å². The summed E-state index contributed by atoms with van der Waals surface area (Å²) < 4.78 is 5.58. The van der Waals surface area contributed by atoms with E-state index in [0.29, 0.717) is 24.4 Å². The second kappa shape index (κ2) is 6.79. The molecular formula is C17H20N2O2. The predicted molar refractivity (Wildman–Crippen MR) is 84.3 cm³/mol. The Labute approximate surface area is 125 Å². The minimum Gasteiger partial charge on any atom is -0.494 e. The third-order valence-corrected chi connectivity index (χ3v) is 3.22. The smallest absolute Gasteiger partial charge is 0.255 e. The fraction of sp³-hybridized carbons (Fsp3) is 0.235. The first-order chi connectivity index (χ1) is 10.1. The molecule has 0 atom stereocenters. The molecule has 2 rings (SSSR count). The van der Waals surface area contributed by atoms with Crippen molar-refractivity contribution in [3.05, 3.63) is 59.7 Å². The third-order valence-electron chi connectivity index (χ3n) is 3.22. The Kier molecular flexibility index (Phi) is 4.82. The lowest BCUT2D eigenvalue weighted by atomic mass is 10.1. The number of amides is 1. The molecule has 4 nitrogen and oxygen atoms in total. The second-order valence-electron chi connectivity index (χ2n) is 4.79. The molecule has 2 aromatic carbocycles. The number of anilines is 1. The lowest BCUT2D eigenvalue weighted by Crippen LogP contribution is -2.27. The molecule has 0 saturated carbocycles. The van der Waals surface area contributed by atoms with Crippen molar-refractivity contribution >= 4 is 11.6 Å². The van der Waals surface area contributed by atoms with E-state index in [2.05, 4.69) is 0 Å². The minimum atomic E-state index is -0.0978. The van der Waals surface area contributed by atoms with Gasteiger partial charge in [-0.3, -0.25) is 4.79 Å². The van der Waals surface area contributed by atoms with Crippen LogP contribution < -0.4 is 10.5 Å². The van der Waals surface area contributed by atoms with Crippen LogP contribution in [-0.4, -0.2) is 24.5 Å².